The van der Waals surface area contributed by atoms with Crippen LogP contribution in [0.2, 0.25) is 0 Å². The van der Waals surface area contributed by atoms with Gasteiger partial charge < -0.3 is 9.47 Å². The molecule has 1 N–H and O–H groups in total. The second-order valence-corrected chi connectivity index (χ2v) is 8.15. The highest BCUT2D eigenvalue weighted by atomic mass is 32.2. The number of anilines is 1. The molecule has 1 heterocycles. The van der Waals surface area contributed by atoms with Gasteiger partial charge in [-0.15, -0.1) is 0 Å². The van der Waals surface area contributed by atoms with E-state index in [1.54, 1.807) is 6.07 Å². The van der Waals surface area contributed by atoms with Crippen LogP contribution < -0.4 is 10.2 Å². The number of hydrogen-bond donors (Lipinski definition) is 1. The Kier molecular flexibility index (Phi) is 7.09. The van der Waals surface area contributed by atoms with Crippen molar-refractivity contribution in [2.75, 3.05) is 31.7 Å². The van der Waals surface area contributed by atoms with Gasteiger partial charge in [0.25, 0.3) is 5.69 Å². The highest BCUT2D eigenvalue weighted by Gasteiger charge is 2.30. The number of rotatable bonds is 8. The minimum absolute atomic E-state index is 0.0133. The standard InChI is InChI=1S/C18H18F2N4O6S/c19-18(20)30-16-4-2-1-3-13(16)12-21-22-15-6-5-14(24(25)26)11-17(15)31(27,28)23-7-9-29-10-8-23/h1-6,11-12,18,22H,7-10H2/b21-12-. The lowest BCUT2D eigenvalue weighted by atomic mass is 10.2. The fourth-order valence-electron chi connectivity index (χ4n) is 2.82. The number of nitro benzene ring substituents is 1. The van der Waals surface area contributed by atoms with Crippen LogP contribution in [0.3, 0.4) is 0 Å². The molecule has 0 aliphatic carbocycles. The number of benzene rings is 2. The summed E-state index contributed by atoms with van der Waals surface area (Å²) >= 11 is 0. The fourth-order valence-corrected chi connectivity index (χ4v) is 4.39. The molecule has 1 aliphatic rings. The predicted octanol–water partition coefficient (Wildman–Crippen LogP) is 2.66. The summed E-state index contributed by atoms with van der Waals surface area (Å²) < 4.78 is 61.9. The number of nitrogens with zero attached hydrogens (tertiary/aromatic N) is 3. The summed E-state index contributed by atoms with van der Waals surface area (Å²) in [5.41, 5.74) is 2.32. The summed E-state index contributed by atoms with van der Waals surface area (Å²) in [4.78, 5) is 10.1. The van der Waals surface area contributed by atoms with Crippen LogP contribution >= 0.6 is 0 Å². The lowest BCUT2D eigenvalue weighted by molar-refractivity contribution is -0.385. The van der Waals surface area contributed by atoms with Gasteiger partial charge in [-0.05, 0) is 18.2 Å². The Morgan fingerprint density at radius 3 is 2.61 bits per heavy atom. The topological polar surface area (TPSA) is 123 Å². The van der Waals surface area contributed by atoms with Crippen LogP contribution in [0, 0.1) is 10.1 Å². The maximum Gasteiger partial charge on any atom is 0.387 e. The Morgan fingerprint density at radius 2 is 1.94 bits per heavy atom. The Morgan fingerprint density at radius 1 is 1.23 bits per heavy atom. The average molecular weight is 456 g/mol. The molecule has 1 fully saturated rings. The van der Waals surface area contributed by atoms with Gasteiger partial charge in [-0.25, -0.2) is 8.42 Å². The van der Waals surface area contributed by atoms with Crippen LogP contribution in [-0.4, -0.2) is 56.8 Å². The summed E-state index contributed by atoms with van der Waals surface area (Å²) in [6.45, 7) is -2.41. The molecule has 0 amide bonds. The molecule has 166 valence electrons. The SMILES string of the molecule is O=[N+]([O-])c1ccc(N/N=C\c2ccccc2OC(F)F)c(S(=O)(=O)N2CCOCC2)c1. The number of non-ortho nitro benzene ring substituents is 1. The third kappa shape index (κ3) is 5.51. The molecule has 2 aromatic carbocycles. The minimum Gasteiger partial charge on any atom is -0.434 e. The van der Waals surface area contributed by atoms with Crippen molar-refractivity contribution in [1.82, 2.24) is 4.31 Å². The molecule has 0 unspecified atom stereocenters. The van der Waals surface area contributed by atoms with Crippen molar-refractivity contribution in [2.45, 2.75) is 11.5 Å². The molecule has 0 radical (unpaired) electrons. The number of hydrazone groups is 1. The van der Waals surface area contributed by atoms with E-state index in [0.717, 1.165) is 16.4 Å². The summed E-state index contributed by atoms with van der Waals surface area (Å²) in [7, 11) is -4.08. The van der Waals surface area contributed by atoms with Gasteiger partial charge in [-0.1, -0.05) is 12.1 Å². The number of nitro groups is 1. The van der Waals surface area contributed by atoms with Crippen molar-refractivity contribution in [1.29, 1.82) is 0 Å². The zero-order chi connectivity index (χ0) is 22.4. The van der Waals surface area contributed by atoms with Gasteiger partial charge in [0.2, 0.25) is 10.0 Å². The minimum atomic E-state index is -4.08. The number of hydrogen-bond acceptors (Lipinski definition) is 8. The second-order valence-electron chi connectivity index (χ2n) is 6.24. The van der Waals surface area contributed by atoms with Gasteiger partial charge >= 0.3 is 6.61 Å². The number of sulfonamides is 1. The van der Waals surface area contributed by atoms with Gasteiger partial charge in [-0.2, -0.15) is 18.2 Å². The molecular formula is C18H18F2N4O6S. The Bertz CT molecular complexity index is 1070. The Labute approximate surface area is 176 Å². The first-order valence-electron chi connectivity index (χ1n) is 8.98. The highest BCUT2D eigenvalue weighted by Crippen LogP contribution is 2.29. The molecule has 0 spiro atoms. The number of nitrogens with one attached hydrogen (secondary N) is 1. The van der Waals surface area contributed by atoms with E-state index in [0.29, 0.717) is 0 Å². The molecule has 3 rings (SSSR count). The van der Waals surface area contributed by atoms with E-state index in [1.807, 2.05) is 0 Å². The van der Waals surface area contributed by atoms with E-state index in [-0.39, 0.29) is 48.2 Å². The number of ether oxygens (including phenoxy) is 2. The van der Waals surface area contributed by atoms with Gasteiger partial charge in [0.05, 0.1) is 30.0 Å². The smallest absolute Gasteiger partial charge is 0.387 e. The van der Waals surface area contributed by atoms with E-state index >= 15 is 0 Å². The van der Waals surface area contributed by atoms with Crippen molar-refractivity contribution in [3.63, 3.8) is 0 Å². The predicted molar refractivity (Wildman–Crippen MR) is 107 cm³/mol. The zero-order valence-electron chi connectivity index (χ0n) is 16.0. The van der Waals surface area contributed by atoms with Crippen molar-refractivity contribution in [3.05, 3.63) is 58.1 Å². The first kappa shape index (κ1) is 22.5. The molecule has 0 saturated carbocycles. The summed E-state index contributed by atoms with van der Waals surface area (Å²) in [6, 6.07) is 9.18. The van der Waals surface area contributed by atoms with E-state index in [4.69, 9.17) is 4.74 Å². The molecule has 1 saturated heterocycles. The molecule has 2 aromatic rings. The quantitative estimate of drug-likeness (QED) is 0.368. The summed E-state index contributed by atoms with van der Waals surface area (Å²) in [5.74, 6) is -0.118. The van der Waals surface area contributed by atoms with E-state index in [1.165, 1.54) is 30.5 Å². The van der Waals surface area contributed by atoms with Gasteiger partial charge in [0.1, 0.15) is 10.6 Å². The molecule has 0 bridgehead atoms. The van der Waals surface area contributed by atoms with E-state index in [2.05, 4.69) is 15.3 Å². The van der Waals surface area contributed by atoms with E-state index < -0.39 is 27.2 Å². The molecule has 10 nitrogen and oxygen atoms in total. The number of alkyl halides is 2. The van der Waals surface area contributed by atoms with Crippen LogP contribution in [-0.2, 0) is 14.8 Å². The van der Waals surface area contributed by atoms with Crippen LogP contribution in [0.4, 0.5) is 20.2 Å². The van der Waals surface area contributed by atoms with Gasteiger partial charge in [0, 0.05) is 30.8 Å². The van der Waals surface area contributed by atoms with Crippen LogP contribution in [0.15, 0.2) is 52.5 Å². The third-order valence-electron chi connectivity index (χ3n) is 4.29. The van der Waals surface area contributed by atoms with Crippen molar-refractivity contribution >= 4 is 27.6 Å². The van der Waals surface area contributed by atoms with Crippen molar-refractivity contribution in [3.8, 4) is 5.75 Å². The Balaban J connectivity index is 1.91. The molecule has 0 aromatic heterocycles. The summed E-state index contributed by atoms with van der Waals surface area (Å²) in [6.07, 6.45) is 1.17. The summed E-state index contributed by atoms with van der Waals surface area (Å²) in [5, 5.41) is 15.0. The number of halogens is 2. The zero-order valence-corrected chi connectivity index (χ0v) is 16.8. The normalized spacial score (nSPS) is 15.3. The maximum atomic E-state index is 13.0. The highest BCUT2D eigenvalue weighted by molar-refractivity contribution is 7.89. The molecular weight excluding hydrogens is 438 g/mol. The van der Waals surface area contributed by atoms with Crippen LogP contribution in [0.1, 0.15) is 5.56 Å². The van der Waals surface area contributed by atoms with E-state index in [9.17, 15) is 27.3 Å². The van der Waals surface area contributed by atoms with Gasteiger partial charge in [0.15, 0.2) is 0 Å². The van der Waals surface area contributed by atoms with Gasteiger partial charge in [-0.3, -0.25) is 15.5 Å². The maximum absolute atomic E-state index is 13.0. The monoisotopic (exact) mass is 456 g/mol. The second kappa shape index (κ2) is 9.76. The van der Waals surface area contributed by atoms with Crippen molar-refractivity contribution in [2.24, 2.45) is 5.10 Å². The lowest BCUT2D eigenvalue weighted by Crippen LogP contribution is -2.40. The fraction of sp³-hybridized carbons (Fsp3) is 0.278. The first-order chi connectivity index (χ1) is 14.8. The lowest BCUT2D eigenvalue weighted by Gasteiger charge is -2.26. The van der Waals surface area contributed by atoms with Crippen molar-refractivity contribution < 1.29 is 31.6 Å². The molecule has 1 aliphatic heterocycles. The first-order valence-corrected chi connectivity index (χ1v) is 10.4. The molecule has 0 atom stereocenters. The van der Waals surface area contributed by atoms with Crippen LogP contribution in [0.25, 0.3) is 0 Å². The number of para-hydroxylation sites is 1. The molecule has 13 heteroatoms. The largest absolute Gasteiger partial charge is 0.434 e. The average Bonchev–Trinajstić information content (AvgIpc) is 2.75. The van der Waals surface area contributed by atoms with Crippen LogP contribution in [0.5, 0.6) is 5.75 Å². The number of morpholine rings is 1. The third-order valence-corrected chi connectivity index (χ3v) is 6.23. The Hall–Kier alpha value is -3.16. The molecule has 31 heavy (non-hydrogen) atoms.